The molecule has 2 aliphatic carbocycles. The van der Waals surface area contributed by atoms with Crippen molar-refractivity contribution < 1.29 is 14.3 Å². The van der Waals surface area contributed by atoms with Crippen molar-refractivity contribution in [3.8, 4) is 0 Å². The van der Waals surface area contributed by atoms with Gasteiger partial charge in [0.2, 0.25) is 5.16 Å². The van der Waals surface area contributed by atoms with Gasteiger partial charge in [0, 0.05) is 13.5 Å². The van der Waals surface area contributed by atoms with Crippen molar-refractivity contribution >= 4 is 17.7 Å². The summed E-state index contributed by atoms with van der Waals surface area (Å²) in [6.07, 6.45) is 8.68. The average molecular weight is 340 g/mol. The molecule has 2 atom stereocenters. The maximum atomic E-state index is 12.1. The van der Waals surface area contributed by atoms with Crippen LogP contribution in [0.4, 0.5) is 0 Å². The molecule has 128 valence electrons. The molecule has 3 rings (SSSR count). The van der Waals surface area contributed by atoms with E-state index in [0.29, 0.717) is 11.2 Å². The van der Waals surface area contributed by atoms with Crippen molar-refractivity contribution in [3.05, 3.63) is 0 Å². The highest BCUT2D eigenvalue weighted by molar-refractivity contribution is 7.99. The maximum absolute atomic E-state index is 12.1. The Labute approximate surface area is 140 Å². The highest BCUT2D eigenvalue weighted by Gasteiger charge is 2.26. The number of ether oxygens (including phenoxy) is 2. The molecule has 0 bridgehead atoms. The third-order valence-corrected chi connectivity index (χ3v) is 5.57. The summed E-state index contributed by atoms with van der Waals surface area (Å²) in [5, 5.41) is 12.6. The average Bonchev–Trinajstić information content (AvgIpc) is 3.24. The molecule has 1 aromatic rings. The number of hydrogen-bond donors (Lipinski definition) is 0. The van der Waals surface area contributed by atoms with Crippen LogP contribution in [0.2, 0.25) is 0 Å². The van der Waals surface area contributed by atoms with Crippen LogP contribution in [0.15, 0.2) is 5.16 Å². The molecule has 8 heteroatoms. The molecule has 0 spiro atoms. The molecule has 1 aromatic heterocycles. The van der Waals surface area contributed by atoms with E-state index in [0.717, 1.165) is 38.5 Å². The second-order valence-electron chi connectivity index (χ2n) is 6.27. The maximum Gasteiger partial charge on any atom is 0.316 e. The fraction of sp³-hybridized carbons (Fsp3) is 0.867. The van der Waals surface area contributed by atoms with Crippen LogP contribution in [-0.2, 0) is 14.3 Å². The highest BCUT2D eigenvalue weighted by Crippen LogP contribution is 2.31. The largest absolute Gasteiger partial charge is 0.462 e. The number of nitrogens with zero attached hydrogens (tertiary/aromatic N) is 4. The van der Waals surface area contributed by atoms with E-state index in [1.54, 1.807) is 7.11 Å². The molecular weight excluding hydrogens is 316 g/mol. The van der Waals surface area contributed by atoms with E-state index in [2.05, 4.69) is 15.5 Å². The van der Waals surface area contributed by atoms with Crippen LogP contribution in [0.3, 0.4) is 0 Å². The summed E-state index contributed by atoms with van der Waals surface area (Å²) in [6.45, 7) is 0. The van der Waals surface area contributed by atoms with E-state index in [1.807, 2.05) is 4.68 Å². The number of rotatable bonds is 6. The lowest BCUT2D eigenvalue weighted by Gasteiger charge is -2.27. The van der Waals surface area contributed by atoms with Gasteiger partial charge in [-0.1, -0.05) is 24.6 Å². The Hall–Kier alpha value is -1.15. The van der Waals surface area contributed by atoms with Crippen LogP contribution in [0.1, 0.15) is 57.4 Å². The SMILES string of the molecule is COC1CCCC(OC(=O)CSc2nnnn2C2CCCC2)C1. The highest BCUT2D eigenvalue weighted by atomic mass is 32.2. The van der Waals surface area contributed by atoms with Gasteiger partial charge in [-0.05, 0) is 42.5 Å². The third kappa shape index (κ3) is 4.44. The third-order valence-electron chi connectivity index (χ3n) is 4.66. The minimum absolute atomic E-state index is 0.0207. The van der Waals surface area contributed by atoms with Gasteiger partial charge in [-0.2, -0.15) is 0 Å². The van der Waals surface area contributed by atoms with Gasteiger partial charge in [-0.25, -0.2) is 4.68 Å². The van der Waals surface area contributed by atoms with Crippen LogP contribution in [-0.4, -0.2) is 51.2 Å². The quantitative estimate of drug-likeness (QED) is 0.581. The summed E-state index contributed by atoms with van der Waals surface area (Å²) in [6, 6.07) is 0.379. The molecule has 2 fully saturated rings. The zero-order valence-electron chi connectivity index (χ0n) is 13.5. The van der Waals surface area contributed by atoms with Crippen LogP contribution >= 0.6 is 11.8 Å². The Bertz CT molecular complexity index is 519. The number of aromatic nitrogens is 4. The molecule has 23 heavy (non-hydrogen) atoms. The fourth-order valence-corrected chi connectivity index (χ4v) is 4.15. The topological polar surface area (TPSA) is 79.1 Å². The van der Waals surface area contributed by atoms with Crippen molar-refractivity contribution in [2.45, 2.75) is 74.8 Å². The van der Waals surface area contributed by atoms with Gasteiger partial charge in [0.05, 0.1) is 17.9 Å². The number of carbonyl (C=O) groups excluding carboxylic acids is 1. The van der Waals surface area contributed by atoms with E-state index in [4.69, 9.17) is 9.47 Å². The molecule has 2 saturated carbocycles. The lowest BCUT2D eigenvalue weighted by atomic mass is 9.95. The van der Waals surface area contributed by atoms with E-state index < -0.39 is 0 Å². The first kappa shape index (κ1) is 16.7. The number of methoxy groups -OCH3 is 1. The summed E-state index contributed by atoms with van der Waals surface area (Å²) < 4.78 is 12.8. The summed E-state index contributed by atoms with van der Waals surface area (Å²) in [5.74, 6) is 0.0547. The van der Waals surface area contributed by atoms with Crippen molar-refractivity contribution in [2.75, 3.05) is 12.9 Å². The predicted molar refractivity (Wildman–Crippen MR) is 85.2 cm³/mol. The van der Waals surface area contributed by atoms with Gasteiger partial charge in [-0.15, -0.1) is 5.10 Å². The number of thioether (sulfide) groups is 1. The van der Waals surface area contributed by atoms with Gasteiger partial charge in [-0.3, -0.25) is 4.79 Å². The monoisotopic (exact) mass is 340 g/mol. The summed E-state index contributed by atoms with van der Waals surface area (Å²) in [7, 11) is 1.72. The molecule has 0 aromatic carbocycles. The smallest absolute Gasteiger partial charge is 0.316 e. The molecule has 7 nitrogen and oxygen atoms in total. The van der Waals surface area contributed by atoms with Crippen molar-refractivity contribution in [3.63, 3.8) is 0 Å². The van der Waals surface area contributed by atoms with E-state index in [-0.39, 0.29) is 23.9 Å². The normalized spacial score (nSPS) is 25.6. The van der Waals surface area contributed by atoms with E-state index in [1.165, 1.54) is 24.6 Å². The Balaban J connectivity index is 1.47. The molecule has 0 amide bonds. The molecule has 0 radical (unpaired) electrons. The van der Waals surface area contributed by atoms with E-state index in [9.17, 15) is 4.79 Å². The molecule has 2 unspecified atom stereocenters. The lowest BCUT2D eigenvalue weighted by Crippen LogP contribution is -2.29. The first-order chi connectivity index (χ1) is 11.3. The van der Waals surface area contributed by atoms with Crippen LogP contribution in [0.5, 0.6) is 0 Å². The zero-order valence-corrected chi connectivity index (χ0v) is 14.3. The Morgan fingerprint density at radius 1 is 1.22 bits per heavy atom. The first-order valence-electron chi connectivity index (χ1n) is 8.39. The standard InChI is InChI=1S/C15H24N4O3S/c1-21-12-7-4-8-13(9-12)22-14(20)10-23-15-16-17-18-19(15)11-5-2-3-6-11/h11-13H,2-10H2,1H3. The number of tetrazole rings is 1. The van der Waals surface area contributed by atoms with Crippen LogP contribution in [0.25, 0.3) is 0 Å². The molecule has 0 saturated heterocycles. The summed E-state index contributed by atoms with van der Waals surface area (Å²) in [4.78, 5) is 12.1. The number of carbonyl (C=O) groups is 1. The molecule has 2 aliphatic rings. The second kappa shape index (κ2) is 8.10. The zero-order chi connectivity index (χ0) is 16.1. The minimum Gasteiger partial charge on any atom is -0.462 e. The Morgan fingerprint density at radius 2 is 2.00 bits per heavy atom. The molecule has 1 heterocycles. The molecule has 0 aliphatic heterocycles. The van der Waals surface area contributed by atoms with Crippen LogP contribution in [0, 0.1) is 0 Å². The van der Waals surface area contributed by atoms with Gasteiger partial charge in [0.15, 0.2) is 0 Å². The fourth-order valence-electron chi connectivity index (χ4n) is 3.43. The Morgan fingerprint density at radius 3 is 2.78 bits per heavy atom. The molecular formula is C15H24N4O3S. The summed E-state index contributed by atoms with van der Waals surface area (Å²) in [5.41, 5.74) is 0. The van der Waals surface area contributed by atoms with Crippen molar-refractivity contribution in [1.82, 2.24) is 20.2 Å². The second-order valence-corrected chi connectivity index (χ2v) is 7.21. The first-order valence-corrected chi connectivity index (χ1v) is 9.37. The van der Waals surface area contributed by atoms with Gasteiger partial charge < -0.3 is 9.47 Å². The van der Waals surface area contributed by atoms with Gasteiger partial charge >= 0.3 is 5.97 Å². The predicted octanol–water partition coefficient (Wildman–Crippen LogP) is 2.38. The summed E-state index contributed by atoms with van der Waals surface area (Å²) >= 11 is 1.36. The van der Waals surface area contributed by atoms with Crippen molar-refractivity contribution in [1.29, 1.82) is 0 Å². The number of esters is 1. The lowest BCUT2D eigenvalue weighted by molar-refractivity contribution is -0.149. The Kier molecular flexibility index (Phi) is 5.88. The van der Waals surface area contributed by atoms with Gasteiger partial charge in [0.25, 0.3) is 0 Å². The van der Waals surface area contributed by atoms with Crippen molar-refractivity contribution in [2.24, 2.45) is 0 Å². The van der Waals surface area contributed by atoms with Crippen LogP contribution < -0.4 is 0 Å². The van der Waals surface area contributed by atoms with Gasteiger partial charge in [0.1, 0.15) is 6.10 Å². The molecule has 0 N–H and O–H groups in total. The minimum atomic E-state index is -0.197. The van der Waals surface area contributed by atoms with E-state index >= 15 is 0 Å². The number of hydrogen-bond acceptors (Lipinski definition) is 7.